The number of amides is 1. The van der Waals surface area contributed by atoms with E-state index in [0.29, 0.717) is 13.1 Å². The fourth-order valence-electron chi connectivity index (χ4n) is 3.40. The van der Waals surface area contributed by atoms with Crippen LogP contribution >= 0.6 is 0 Å². The molecule has 0 saturated carbocycles. The summed E-state index contributed by atoms with van der Waals surface area (Å²) in [6, 6.07) is 8.23. The largest absolute Gasteiger partial charge is 0.482 e. The highest BCUT2D eigenvalue weighted by atomic mass is 16.6. The molecular formula is C20H27NO3. The third-order valence-corrected chi connectivity index (χ3v) is 4.63. The molecule has 0 unspecified atom stereocenters. The molecule has 2 aliphatic rings. The lowest BCUT2D eigenvalue weighted by Crippen LogP contribution is -2.50. The summed E-state index contributed by atoms with van der Waals surface area (Å²) in [6.45, 7) is 9.18. The van der Waals surface area contributed by atoms with Gasteiger partial charge in [-0.2, -0.15) is 0 Å². The second kappa shape index (κ2) is 6.15. The van der Waals surface area contributed by atoms with Gasteiger partial charge in [0.25, 0.3) is 0 Å². The molecular weight excluding hydrogens is 302 g/mol. The maximum Gasteiger partial charge on any atom is 0.410 e. The van der Waals surface area contributed by atoms with Crippen molar-refractivity contribution in [2.24, 2.45) is 0 Å². The predicted octanol–water partition coefficient (Wildman–Crippen LogP) is 4.64. The molecule has 0 atom stereocenters. The second-order valence-corrected chi connectivity index (χ2v) is 7.65. The summed E-state index contributed by atoms with van der Waals surface area (Å²) in [5.74, 6) is 0.961. The van der Waals surface area contributed by atoms with Gasteiger partial charge in [0.15, 0.2) is 0 Å². The van der Waals surface area contributed by atoms with Crippen LogP contribution < -0.4 is 4.74 Å². The molecule has 1 aromatic rings. The van der Waals surface area contributed by atoms with Gasteiger partial charge in [0.2, 0.25) is 0 Å². The Bertz CT molecular complexity index is 649. The Kier molecular flexibility index (Phi) is 4.33. The first kappa shape index (κ1) is 16.9. The van der Waals surface area contributed by atoms with Gasteiger partial charge in [0, 0.05) is 31.5 Å². The lowest BCUT2D eigenvalue weighted by Gasteiger charge is -2.43. The molecule has 0 N–H and O–H groups in total. The van der Waals surface area contributed by atoms with E-state index in [1.807, 2.05) is 32.9 Å². The molecule has 1 amide bonds. The number of likely N-dealkylation sites (tertiary alicyclic amines) is 1. The van der Waals surface area contributed by atoms with Gasteiger partial charge in [-0.3, -0.25) is 0 Å². The van der Waals surface area contributed by atoms with Crippen molar-refractivity contribution in [2.45, 2.75) is 58.2 Å². The molecule has 1 spiro atoms. The van der Waals surface area contributed by atoms with E-state index < -0.39 is 5.60 Å². The minimum absolute atomic E-state index is 0.228. The van der Waals surface area contributed by atoms with E-state index in [0.717, 1.165) is 25.0 Å². The molecule has 1 saturated heterocycles. The van der Waals surface area contributed by atoms with Crippen molar-refractivity contribution in [1.82, 2.24) is 4.90 Å². The smallest absolute Gasteiger partial charge is 0.410 e. The number of benzene rings is 1. The van der Waals surface area contributed by atoms with E-state index in [2.05, 4.69) is 25.1 Å². The molecule has 4 nitrogen and oxygen atoms in total. The van der Waals surface area contributed by atoms with Gasteiger partial charge in [0.1, 0.15) is 17.0 Å². The van der Waals surface area contributed by atoms with Gasteiger partial charge in [-0.25, -0.2) is 4.79 Å². The SMILES string of the molecule is CCC1=CC2(CCN(C(=O)OC(C)(C)C)CC2)Oc2ccccc21. The van der Waals surface area contributed by atoms with Crippen molar-refractivity contribution in [3.05, 3.63) is 35.9 Å². The highest BCUT2D eigenvalue weighted by molar-refractivity contribution is 5.73. The molecule has 4 heteroatoms. The molecule has 0 aliphatic carbocycles. The van der Waals surface area contributed by atoms with Gasteiger partial charge in [-0.15, -0.1) is 0 Å². The van der Waals surface area contributed by atoms with Gasteiger partial charge in [-0.1, -0.05) is 25.1 Å². The summed E-state index contributed by atoms with van der Waals surface area (Å²) in [7, 11) is 0. The number of piperidine rings is 1. The van der Waals surface area contributed by atoms with Gasteiger partial charge in [-0.05, 0) is 44.9 Å². The molecule has 0 radical (unpaired) electrons. The first-order valence-corrected chi connectivity index (χ1v) is 8.80. The lowest BCUT2D eigenvalue weighted by molar-refractivity contribution is -0.00123. The van der Waals surface area contributed by atoms with E-state index in [9.17, 15) is 4.79 Å². The highest BCUT2D eigenvalue weighted by Crippen LogP contribution is 2.41. The molecule has 0 bridgehead atoms. The van der Waals surface area contributed by atoms with Crippen LogP contribution in [-0.2, 0) is 4.74 Å². The van der Waals surface area contributed by atoms with Crippen molar-refractivity contribution < 1.29 is 14.3 Å². The van der Waals surface area contributed by atoms with Crippen LogP contribution in [0.15, 0.2) is 30.3 Å². The van der Waals surface area contributed by atoms with E-state index in [4.69, 9.17) is 9.47 Å². The minimum atomic E-state index is -0.457. The maximum atomic E-state index is 12.3. The van der Waals surface area contributed by atoms with Crippen LogP contribution in [0.25, 0.3) is 5.57 Å². The van der Waals surface area contributed by atoms with Crippen LogP contribution in [-0.4, -0.2) is 35.3 Å². The maximum absolute atomic E-state index is 12.3. The standard InChI is InChI=1S/C20H27NO3/c1-5-15-14-20(23-17-9-7-6-8-16(15)17)10-12-21(13-11-20)18(22)24-19(2,3)4/h6-9,14H,5,10-13H2,1-4H3. The Morgan fingerprint density at radius 2 is 1.92 bits per heavy atom. The van der Waals surface area contributed by atoms with Crippen LogP contribution in [0.4, 0.5) is 4.79 Å². The number of hydrogen-bond acceptors (Lipinski definition) is 3. The minimum Gasteiger partial charge on any atom is -0.482 e. The lowest BCUT2D eigenvalue weighted by atomic mass is 9.84. The van der Waals surface area contributed by atoms with Crippen LogP contribution in [0.5, 0.6) is 5.75 Å². The zero-order valence-electron chi connectivity index (χ0n) is 15.1. The number of allylic oxidation sites excluding steroid dienone is 1. The Hall–Kier alpha value is -1.97. The first-order valence-electron chi connectivity index (χ1n) is 8.80. The summed E-state index contributed by atoms with van der Waals surface area (Å²) in [6.07, 6.45) is 4.63. The molecule has 130 valence electrons. The number of nitrogens with zero attached hydrogens (tertiary/aromatic N) is 1. The zero-order valence-corrected chi connectivity index (χ0v) is 15.1. The van der Waals surface area contributed by atoms with Gasteiger partial charge >= 0.3 is 6.09 Å². The molecule has 24 heavy (non-hydrogen) atoms. The van der Waals surface area contributed by atoms with E-state index in [1.165, 1.54) is 11.1 Å². The third-order valence-electron chi connectivity index (χ3n) is 4.63. The topological polar surface area (TPSA) is 38.8 Å². The number of hydrogen-bond donors (Lipinski definition) is 0. The monoisotopic (exact) mass is 329 g/mol. The van der Waals surface area contributed by atoms with Crippen LogP contribution in [0.1, 0.15) is 52.5 Å². The van der Waals surface area contributed by atoms with Crippen LogP contribution in [0.3, 0.4) is 0 Å². The Balaban J connectivity index is 1.73. The molecule has 3 rings (SSSR count). The van der Waals surface area contributed by atoms with E-state index >= 15 is 0 Å². The normalized spacial score (nSPS) is 19.3. The average Bonchev–Trinajstić information content (AvgIpc) is 2.53. The summed E-state index contributed by atoms with van der Waals surface area (Å²) in [5, 5.41) is 0. The number of para-hydroxylation sites is 1. The van der Waals surface area contributed by atoms with Crippen molar-refractivity contribution >= 4 is 11.7 Å². The van der Waals surface area contributed by atoms with Crippen LogP contribution in [0.2, 0.25) is 0 Å². The number of rotatable bonds is 1. The second-order valence-electron chi connectivity index (χ2n) is 7.65. The molecule has 0 aromatic heterocycles. The molecule has 1 aromatic carbocycles. The quantitative estimate of drug-likeness (QED) is 0.753. The number of carbonyl (C=O) groups excluding carboxylic acids is 1. The van der Waals surface area contributed by atoms with Crippen molar-refractivity contribution in [3.8, 4) is 5.75 Å². The van der Waals surface area contributed by atoms with Crippen molar-refractivity contribution in [1.29, 1.82) is 0 Å². The Morgan fingerprint density at radius 1 is 1.25 bits per heavy atom. The Labute approximate surface area is 144 Å². The number of carbonyl (C=O) groups is 1. The summed E-state index contributed by atoms with van der Waals surface area (Å²) in [5.41, 5.74) is 1.78. The van der Waals surface area contributed by atoms with Gasteiger partial charge in [0.05, 0.1) is 0 Å². The highest BCUT2D eigenvalue weighted by Gasteiger charge is 2.40. The summed E-state index contributed by atoms with van der Waals surface area (Å²) < 4.78 is 11.8. The van der Waals surface area contributed by atoms with E-state index in [1.54, 1.807) is 4.90 Å². The molecule has 2 heterocycles. The fourth-order valence-corrected chi connectivity index (χ4v) is 3.40. The third kappa shape index (κ3) is 3.42. The molecule has 2 aliphatic heterocycles. The fraction of sp³-hybridized carbons (Fsp3) is 0.550. The predicted molar refractivity (Wildman–Crippen MR) is 95.1 cm³/mol. The molecule has 1 fully saturated rings. The first-order chi connectivity index (χ1) is 11.3. The van der Waals surface area contributed by atoms with E-state index in [-0.39, 0.29) is 11.7 Å². The summed E-state index contributed by atoms with van der Waals surface area (Å²) >= 11 is 0. The average molecular weight is 329 g/mol. The number of fused-ring (bicyclic) bond motifs is 1. The Morgan fingerprint density at radius 3 is 2.54 bits per heavy atom. The van der Waals surface area contributed by atoms with Crippen molar-refractivity contribution in [2.75, 3.05) is 13.1 Å². The van der Waals surface area contributed by atoms with Gasteiger partial charge < -0.3 is 14.4 Å². The van der Waals surface area contributed by atoms with Crippen LogP contribution in [0, 0.1) is 0 Å². The van der Waals surface area contributed by atoms with Crippen molar-refractivity contribution in [3.63, 3.8) is 0 Å². The zero-order chi connectivity index (χ0) is 17.4. The number of ether oxygens (including phenoxy) is 2. The summed E-state index contributed by atoms with van der Waals surface area (Å²) in [4.78, 5) is 14.0.